The lowest BCUT2D eigenvalue weighted by molar-refractivity contribution is 0.112. The zero-order chi connectivity index (χ0) is 13.0. The van der Waals surface area contributed by atoms with Crippen molar-refractivity contribution in [3.63, 3.8) is 0 Å². The van der Waals surface area contributed by atoms with Crippen LogP contribution in [-0.4, -0.2) is 25.3 Å². The van der Waals surface area contributed by atoms with Gasteiger partial charge in [0.05, 0.1) is 6.10 Å². The Labute approximate surface area is 108 Å². The molecule has 0 aromatic heterocycles. The molecule has 4 nitrogen and oxygen atoms in total. The molecule has 2 rings (SSSR count). The molecule has 1 fully saturated rings. The normalized spacial score (nSPS) is 18.7. The van der Waals surface area contributed by atoms with E-state index < -0.39 is 0 Å². The zero-order valence-electron chi connectivity index (χ0n) is 11.0. The van der Waals surface area contributed by atoms with Crippen LogP contribution in [0.3, 0.4) is 0 Å². The second-order valence-corrected chi connectivity index (χ2v) is 4.79. The first-order valence-corrected chi connectivity index (χ1v) is 6.39. The molecule has 4 heteroatoms. The van der Waals surface area contributed by atoms with E-state index in [2.05, 4.69) is 16.7 Å². The Morgan fingerprint density at radius 3 is 2.94 bits per heavy atom. The largest absolute Gasteiger partial charge is 0.376 e. The van der Waals surface area contributed by atoms with E-state index in [0.717, 1.165) is 30.7 Å². The minimum absolute atomic E-state index is 0.169. The molecular weight excluding hydrogens is 228 g/mol. The van der Waals surface area contributed by atoms with E-state index >= 15 is 0 Å². The number of carbonyl (C=O) groups is 1. The summed E-state index contributed by atoms with van der Waals surface area (Å²) in [6.07, 6.45) is 2.30. The summed E-state index contributed by atoms with van der Waals surface area (Å²) >= 11 is 0. The molecule has 1 heterocycles. The van der Waals surface area contributed by atoms with Crippen LogP contribution in [0.1, 0.15) is 24.0 Å². The topological polar surface area (TPSA) is 50.4 Å². The lowest BCUT2D eigenvalue weighted by Gasteiger charge is -2.13. The molecule has 0 aliphatic carbocycles. The van der Waals surface area contributed by atoms with Gasteiger partial charge in [0, 0.05) is 18.8 Å². The number of urea groups is 1. The Bertz CT molecular complexity index is 426. The predicted octanol–water partition coefficient (Wildman–Crippen LogP) is 2.60. The summed E-state index contributed by atoms with van der Waals surface area (Å²) in [7, 11) is 0. The molecule has 1 atom stereocenters. The summed E-state index contributed by atoms with van der Waals surface area (Å²) in [5.74, 6) is 0. The van der Waals surface area contributed by atoms with Gasteiger partial charge >= 0.3 is 6.03 Å². The molecule has 1 aliphatic rings. The Morgan fingerprint density at radius 2 is 2.28 bits per heavy atom. The molecule has 1 saturated heterocycles. The van der Waals surface area contributed by atoms with E-state index in [1.165, 1.54) is 5.56 Å². The third-order valence-corrected chi connectivity index (χ3v) is 3.14. The third-order valence-electron chi connectivity index (χ3n) is 3.14. The minimum atomic E-state index is -0.169. The standard InChI is InChI=1S/C14H20N2O2/c1-10-5-6-13(11(2)8-10)16-14(17)15-9-12-4-3-7-18-12/h5-6,8,12H,3-4,7,9H2,1-2H3,(H2,15,16,17)/t12-/m0/s1. The van der Waals surface area contributed by atoms with E-state index in [1.807, 2.05) is 26.0 Å². The van der Waals surface area contributed by atoms with Gasteiger partial charge in [-0.25, -0.2) is 4.79 Å². The summed E-state index contributed by atoms with van der Waals surface area (Å²) in [4.78, 5) is 11.7. The van der Waals surface area contributed by atoms with Crippen molar-refractivity contribution in [1.29, 1.82) is 0 Å². The molecular formula is C14H20N2O2. The highest BCUT2D eigenvalue weighted by atomic mass is 16.5. The second kappa shape index (κ2) is 5.87. The van der Waals surface area contributed by atoms with Crippen molar-refractivity contribution in [2.45, 2.75) is 32.8 Å². The predicted molar refractivity (Wildman–Crippen MR) is 71.9 cm³/mol. The number of amides is 2. The first-order chi connectivity index (χ1) is 8.65. The lowest BCUT2D eigenvalue weighted by Crippen LogP contribution is -2.35. The molecule has 0 unspecified atom stereocenters. The van der Waals surface area contributed by atoms with Crippen LogP contribution in [0.25, 0.3) is 0 Å². The fraction of sp³-hybridized carbons (Fsp3) is 0.500. The maximum absolute atomic E-state index is 11.7. The number of hydrogen-bond acceptors (Lipinski definition) is 2. The van der Waals surface area contributed by atoms with Gasteiger partial charge in [0.15, 0.2) is 0 Å². The Hall–Kier alpha value is -1.55. The van der Waals surface area contributed by atoms with E-state index in [0.29, 0.717) is 6.54 Å². The molecule has 2 N–H and O–H groups in total. The highest BCUT2D eigenvalue weighted by Gasteiger charge is 2.16. The molecule has 0 bridgehead atoms. The van der Waals surface area contributed by atoms with Gasteiger partial charge in [0.1, 0.15) is 0 Å². The van der Waals surface area contributed by atoms with Gasteiger partial charge in [-0.1, -0.05) is 17.7 Å². The summed E-state index contributed by atoms with van der Waals surface area (Å²) < 4.78 is 5.45. The van der Waals surface area contributed by atoms with Crippen LogP contribution in [0.4, 0.5) is 10.5 Å². The van der Waals surface area contributed by atoms with Crippen molar-refractivity contribution in [1.82, 2.24) is 5.32 Å². The molecule has 1 aliphatic heterocycles. The summed E-state index contributed by atoms with van der Waals surface area (Å²) in [5.41, 5.74) is 3.12. The average Bonchev–Trinajstić information content (AvgIpc) is 2.83. The number of anilines is 1. The molecule has 98 valence electrons. The number of ether oxygens (including phenoxy) is 1. The van der Waals surface area contributed by atoms with Crippen molar-refractivity contribution >= 4 is 11.7 Å². The van der Waals surface area contributed by atoms with Gasteiger partial charge in [0.2, 0.25) is 0 Å². The molecule has 0 spiro atoms. The summed E-state index contributed by atoms with van der Waals surface area (Å²) in [5, 5.41) is 5.70. The Morgan fingerprint density at radius 1 is 1.44 bits per heavy atom. The van der Waals surface area contributed by atoms with Crippen molar-refractivity contribution in [3.05, 3.63) is 29.3 Å². The van der Waals surface area contributed by atoms with Crippen molar-refractivity contribution in [2.24, 2.45) is 0 Å². The van der Waals surface area contributed by atoms with Crippen LogP contribution in [0.5, 0.6) is 0 Å². The van der Waals surface area contributed by atoms with Crippen LogP contribution in [0.15, 0.2) is 18.2 Å². The van der Waals surface area contributed by atoms with E-state index in [4.69, 9.17) is 4.74 Å². The number of hydrogen-bond donors (Lipinski definition) is 2. The van der Waals surface area contributed by atoms with Crippen LogP contribution in [0.2, 0.25) is 0 Å². The molecule has 0 saturated carbocycles. The summed E-state index contributed by atoms with van der Waals surface area (Å²) in [6.45, 7) is 5.42. The number of benzene rings is 1. The van der Waals surface area contributed by atoms with Crippen molar-refractivity contribution in [2.75, 3.05) is 18.5 Å². The maximum Gasteiger partial charge on any atom is 0.319 e. The van der Waals surface area contributed by atoms with Gasteiger partial charge in [-0.3, -0.25) is 0 Å². The van der Waals surface area contributed by atoms with Crippen LogP contribution in [0, 0.1) is 13.8 Å². The Balaban J connectivity index is 1.82. The zero-order valence-corrected chi connectivity index (χ0v) is 11.0. The first-order valence-electron chi connectivity index (χ1n) is 6.39. The second-order valence-electron chi connectivity index (χ2n) is 4.79. The monoisotopic (exact) mass is 248 g/mol. The van der Waals surface area contributed by atoms with Gasteiger partial charge in [-0.05, 0) is 38.3 Å². The fourth-order valence-electron chi connectivity index (χ4n) is 2.13. The van der Waals surface area contributed by atoms with Gasteiger partial charge < -0.3 is 15.4 Å². The van der Waals surface area contributed by atoms with E-state index in [9.17, 15) is 4.79 Å². The van der Waals surface area contributed by atoms with Gasteiger partial charge in [0.25, 0.3) is 0 Å². The van der Waals surface area contributed by atoms with Crippen molar-refractivity contribution in [3.8, 4) is 0 Å². The molecule has 1 aromatic rings. The first kappa shape index (κ1) is 12.9. The smallest absolute Gasteiger partial charge is 0.319 e. The summed E-state index contributed by atoms with van der Waals surface area (Å²) in [6, 6.07) is 5.80. The van der Waals surface area contributed by atoms with E-state index in [1.54, 1.807) is 0 Å². The highest BCUT2D eigenvalue weighted by molar-refractivity contribution is 5.90. The molecule has 2 amide bonds. The average molecular weight is 248 g/mol. The third kappa shape index (κ3) is 3.47. The number of nitrogens with one attached hydrogen (secondary N) is 2. The molecule has 0 radical (unpaired) electrons. The van der Waals surface area contributed by atoms with Crippen molar-refractivity contribution < 1.29 is 9.53 Å². The van der Waals surface area contributed by atoms with Crippen LogP contribution >= 0.6 is 0 Å². The molecule has 1 aromatic carbocycles. The van der Waals surface area contributed by atoms with Crippen LogP contribution in [-0.2, 0) is 4.74 Å². The van der Waals surface area contributed by atoms with E-state index in [-0.39, 0.29) is 12.1 Å². The Kier molecular flexibility index (Phi) is 4.20. The number of rotatable bonds is 3. The molecule has 18 heavy (non-hydrogen) atoms. The minimum Gasteiger partial charge on any atom is -0.376 e. The van der Waals surface area contributed by atoms with Crippen LogP contribution < -0.4 is 10.6 Å². The van der Waals surface area contributed by atoms with Gasteiger partial charge in [-0.2, -0.15) is 0 Å². The quantitative estimate of drug-likeness (QED) is 0.864. The fourth-order valence-corrected chi connectivity index (χ4v) is 2.13. The van der Waals surface area contributed by atoms with Gasteiger partial charge in [-0.15, -0.1) is 0 Å². The number of aryl methyl sites for hydroxylation is 2. The lowest BCUT2D eigenvalue weighted by atomic mass is 10.1. The highest BCUT2D eigenvalue weighted by Crippen LogP contribution is 2.16. The SMILES string of the molecule is Cc1ccc(NC(=O)NC[C@@H]2CCCO2)c(C)c1. The number of carbonyl (C=O) groups excluding carboxylic acids is 1. The maximum atomic E-state index is 11.7.